The number of amides is 1. The van der Waals surface area contributed by atoms with Crippen molar-refractivity contribution in [3.63, 3.8) is 0 Å². The Morgan fingerprint density at radius 1 is 1.00 bits per heavy atom. The molecule has 7 heteroatoms. The molecule has 0 atom stereocenters. The first-order valence-electron chi connectivity index (χ1n) is 9.09. The number of hydrogen-bond acceptors (Lipinski definition) is 6. The molecule has 3 rings (SSSR count). The first kappa shape index (κ1) is 20.0. The number of aryl methyl sites for hydroxylation is 2. The van der Waals surface area contributed by atoms with Gasteiger partial charge in [-0.15, -0.1) is 0 Å². The molecule has 0 unspecified atom stereocenters. The van der Waals surface area contributed by atoms with Gasteiger partial charge in [-0.05, 0) is 37.6 Å². The van der Waals surface area contributed by atoms with Crippen molar-refractivity contribution in [2.75, 3.05) is 17.7 Å². The van der Waals surface area contributed by atoms with E-state index in [1.165, 1.54) is 12.7 Å². The minimum atomic E-state index is -0.471. The molecular weight excluding hydrogens is 368 g/mol. The van der Waals surface area contributed by atoms with Crippen LogP contribution in [0.2, 0.25) is 0 Å². The van der Waals surface area contributed by atoms with E-state index in [0.29, 0.717) is 29.4 Å². The van der Waals surface area contributed by atoms with Gasteiger partial charge in [0.1, 0.15) is 17.3 Å². The number of carbonyl (C=O) groups is 2. The quantitative estimate of drug-likeness (QED) is 0.623. The molecule has 0 spiro atoms. The molecule has 0 aliphatic rings. The second-order valence-electron chi connectivity index (χ2n) is 6.55. The summed E-state index contributed by atoms with van der Waals surface area (Å²) in [6, 6.07) is 16.3. The van der Waals surface area contributed by atoms with Gasteiger partial charge in [0, 0.05) is 18.3 Å². The molecule has 2 aromatic carbocycles. The summed E-state index contributed by atoms with van der Waals surface area (Å²) in [5.74, 6) is 0.177. The third-order valence-electron chi connectivity index (χ3n) is 4.21. The van der Waals surface area contributed by atoms with E-state index in [1.54, 1.807) is 37.3 Å². The topological polar surface area (TPSA) is 93.2 Å². The van der Waals surface area contributed by atoms with Gasteiger partial charge in [0.25, 0.3) is 5.91 Å². The maximum absolute atomic E-state index is 12.6. The number of hydrogen-bond donors (Lipinski definition) is 2. The second-order valence-corrected chi connectivity index (χ2v) is 6.55. The summed E-state index contributed by atoms with van der Waals surface area (Å²) >= 11 is 0. The van der Waals surface area contributed by atoms with Crippen LogP contribution in [0.4, 0.5) is 11.5 Å². The molecule has 0 saturated heterocycles. The van der Waals surface area contributed by atoms with Crippen LogP contribution in [0, 0.1) is 13.8 Å². The minimum absolute atomic E-state index is 0.229. The van der Waals surface area contributed by atoms with Gasteiger partial charge in [-0.1, -0.05) is 35.9 Å². The lowest BCUT2D eigenvalue weighted by Gasteiger charge is -2.10. The monoisotopic (exact) mass is 390 g/mol. The third-order valence-corrected chi connectivity index (χ3v) is 4.21. The molecule has 1 heterocycles. The highest BCUT2D eigenvalue weighted by Gasteiger charge is 2.12. The lowest BCUT2D eigenvalue weighted by atomic mass is 10.1. The lowest BCUT2D eigenvalue weighted by molar-refractivity contribution is 0.0600. The van der Waals surface area contributed by atoms with Gasteiger partial charge in [-0.3, -0.25) is 4.79 Å². The molecule has 29 heavy (non-hydrogen) atoms. The van der Waals surface area contributed by atoms with Crippen LogP contribution in [-0.2, 0) is 11.3 Å². The fourth-order valence-corrected chi connectivity index (χ4v) is 2.71. The predicted molar refractivity (Wildman–Crippen MR) is 111 cm³/mol. The Morgan fingerprint density at radius 2 is 1.76 bits per heavy atom. The van der Waals surface area contributed by atoms with Crippen molar-refractivity contribution in [2.45, 2.75) is 20.4 Å². The van der Waals surface area contributed by atoms with Crippen LogP contribution in [0.3, 0.4) is 0 Å². The molecular formula is C22H22N4O3. The highest BCUT2D eigenvalue weighted by atomic mass is 16.5. The Balaban J connectivity index is 1.72. The van der Waals surface area contributed by atoms with Crippen molar-refractivity contribution in [1.82, 2.24) is 9.97 Å². The van der Waals surface area contributed by atoms with Gasteiger partial charge in [0.15, 0.2) is 0 Å². The van der Waals surface area contributed by atoms with Crippen LogP contribution in [0.5, 0.6) is 0 Å². The molecule has 0 radical (unpaired) electrons. The van der Waals surface area contributed by atoms with Crippen molar-refractivity contribution in [1.29, 1.82) is 0 Å². The summed E-state index contributed by atoms with van der Waals surface area (Å²) in [4.78, 5) is 32.8. The molecule has 148 valence electrons. The molecule has 0 bridgehead atoms. The van der Waals surface area contributed by atoms with Crippen molar-refractivity contribution in [2.24, 2.45) is 0 Å². The third kappa shape index (κ3) is 5.38. The van der Waals surface area contributed by atoms with Gasteiger partial charge >= 0.3 is 5.97 Å². The maximum Gasteiger partial charge on any atom is 0.337 e. The number of carbonyl (C=O) groups excluding carboxylic acids is 2. The van der Waals surface area contributed by atoms with Gasteiger partial charge in [0.2, 0.25) is 0 Å². The van der Waals surface area contributed by atoms with E-state index >= 15 is 0 Å². The fourth-order valence-electron chi connectivity index (χ4n) is 2.71. The van der Waals surface area contributed by atoms with E-state index in [0.717, 1.165) is 5.56 Å². The lowest BCUT2D eigenvalue weighted by Crippen LogP contribution is -2.16. The zero-order valence-electron chi connectivity index (χ0n) is 16.5. The number of nitrogens with one attached hydrogen (secondary N) is 2. The predicted octanol–water partition coefficient (Wildman–Crippen LogP) is 3.74. The summed E-state index contributed by atoms with van der Waals surface area (Å²) in [7, 11) is 1.31. The molecule has 0 fully saturated rings. The van der Waals surface area contributed by atoms with E-state index in [9.17, 15) is 9.59 Å². The number of anilines is 2. The standard InChI is InChI=1S/C22H22N4O3/c1-14-7-9-16(10-8-14)13-23-20-12-19(24-15(2)25-20)21(27)26-18-6-4-5-17(11-18)22(28)29-3/h4-12H,13H2,1-3H3,(H,26,27)(H,23,24,25). The SMILES string of the molecule is COC(=O)c1cccc(NC(=O)c2cc(NCc3ccc(C)cc3)nc(C)n2)c1. The summed E-state index contributed by atoms with van der Waals surface area (Å²) in [6.45, 7) is 4.35. The minimum Gasteiger partial charge on any atom is -0.465 e. The molecule has 0 aliphatic heterocycles. The van der Waals surface area contributed by atoms with Crippen molar-refractivity contribution in [3.8, 4) is 0 Å². The molecule has 2 N–H and O–H groups in total. The Morgan fingerprint density at radius 3 is 2.48 bits per heavy atom. The smallest absolute Gasteiger partial charge is 0.337 e. The number of nitrogens with zero attached hydrogens (tertiary/aromatic N) is 2. The average Bonchev–Trinajstić information content (AvgIpc) is 2.72. The average molecular weight is 390 g/mol. The molecule has 7 nitrogen and oxygen atoms in total. The number of methoxy groups -OCH3 is 1. The first-order valence-corrected chi connectivity index (χ1v) is 9.09. The Labute approximate surface area is 169 Å². The van der Waals surface area contributed by atoms with Crippen LogP contribution in [0.25, 0.3) is 0 Å². The van der Waals surface area contributed by atoms with E-state index in [4.69, 9.17) is 4.74 Å². The van der Waals surface area contributed by atoms with Crippen LogP contribution >= 0.6 is 0 Å². The normalized spacial score (nSPS) is 10.3. The van der Waals surface area contributed by atoms with E-state index in [-0.39, 0.29) is 5.69 Å². The van der Waals surface area contributed by atoms with E-state index < -0.39 is 11.9 Å². The van der Waals surface area contributed by atoms with Crippen molar-refractivity contribution in [3.05, 3.63) is 82.8 Å². The highest BCUT2D eigenvalue weighted by Crippen LogP contribution is 2.15. The Bertz CT molecular complexity index is 1030. The zero-order valence-corrected chi connectivity index (χ0v) is 16.5. The molecule has 0 aliphatic carbocycles. The van der Waals surface area contributed by atoms with Crippen LogP contribution < -0.4 is 10.6 Å². The van der Waals surface area contributed by atoms with Crippen LogP contribution in [0.15, 0.2) is 54.6 Å². The number of rotatable bonds is 6. The highest BCUT2D eigenvalue weighted by molar-refractivity contribution is 6.04. The molecule has 3 aromatic rings. The van der Waals surface area contributed by atoms with Gasteiger partial charge in [-0.25, -0.2) is 14.8 Å². The fraction of sp³-hybridized carbons (Fsp3) is 0.182. The molecule has 0 saturated carbocycles. The van der Waals surface area contributed by atoms with E-state index in [2.05, 4.69) is 20.6 Å². The van der Waals surface area contributed by atoms with Gasteiger partial charge < -0.3 is 15.4 Å². The van der Waals surface area contributed by atoms with Gasteiger partial charge in [-0.2, -0.15) is 0 Å². The first-order chi connectivity index (χ1) is 13.9. The zero-order chi connectivity index (χ0) is 20.8. The van der Waals surface area contributed by atoms with E-state index in [1.807, 2.05) is 31.2 Å². The Hall–Kier alpha value is -3.74. The Kier molecular flexibility index (Phi) is 6.19. The number of benzene rings is 2. The number of esters is 1. The maximum atomic E-state index is 12.6. The van der Waals surface area contributed by atoms with Gasteiger partial charge in [0.05, 0.1) is 12.7 Å². The molecule has 1 amide bonds. The van der Waals surface area contributed by atoms with Crippen LogP contribution in [0.1, 0.15) is 37.8 Å². The van der Waals surface area contributed by atoms with Crippen molar-refractivity contribution >= 4 is 23.4 Å². The largest absolute Gasteiger partial charge is 0.465 e. The van der Waals surface area contributed by atoms with Crippen molar-refractivity contribution < 1.29 is 14.3 Å². The summed E-state index contributed by atoms with van der Waals surface area (Å²) in [6.07, 6.45) is 0. The summed E-state index contributed by atoms with van der Waals surface area (Å²) in [5.41, 5.74) is 3.36. The molecule has 1 aromatic heterocycles. The summed E-state index contributed by atoms with van der Waals surface area (Å²) < 4.78 is 4.70. The van der Waals surface area contributed by atoms with Crippen LogP contribution in [-0.4, -0.2) is 29.0 Å². The number of aromatic nitrogens is 2. The second kappa shape index (κ2) is 8.97. The summed E-state index contributed by atoms with van der Waals surface area (Å²) in [5, 5.41) is 5.97. The number of ether oxygens (including phenoxy) is 1.